The van der Waals surface area contributed by atoms with Crippen LogP contribution < -0.4 is 5.32 Å². The van der Waals surface area contributed by atoms with Gasteiger partial charge in [-0.15, -0.1) is 0 Å². The van der Waals surface area contributed by atoms with Crippen molar-refractivity contribution in [1.29, 1.82) is 5.26 Å². The minimum atomic E-state index is 0.721. The molecule has 0 fully saturated rings. The number of rotatable bonds is 5. The Morgan fingerprint density at radius 1 is 1.20 bits per heavy atom. The molecule has 1 aromatic heterocycles. The summed E-state index contributed by atoms with van der Waals surface area (Å²) in [6, 6.07) is 12.7. The normalized spacial score (nSPS) is 10.5. The zero-order chi connectivity index (χ0) is 14.5. The molecule has 20 heavy (non-hydrogen) atoms. The standard InChI is InChI=1S/C17H21N3/c1-13-6-4-5-7-15(13)8-9-19-12-16-10-17(11-18)20(3)14(16)2/h4-7,10,19H,8-9,12H2,1-3H3. The second-order valence-electron chi connectivity index (χ2n) is 5.16. The van der Waals surface area contributed by atoms with Crippen LogP contribution in [0.1, 0.15) is 28.1 Å². The average Bonchev–Trinajstić information content (AvgIpc) is 2.73. The van der Waals surface area contributed by atoms with Gasteiger partial charge in [-0.2, -0.15) is 5.26 Å². The SMILES string of the molecule is Cc1ccccc1CCNCc1cc(C#N)n(C)c1C. The van der Waals surface area contributed by atoms with Gasteiger partial charge in [0.15, 0.2) is 0 Å². The van der Waals surface area contributed by atoms with Gasteiger partial charge in [0.2, 0.25) is 0 Å². The third-order valence-corrected chi connectivity index (χ3v) is 3.90. The van der Waals surface area contributed by atoms with Gasteiger partial charge in [0, 0.05) is 19.3 Å². The Morgan fingerprint density at radius 2 is 1.95 bits per heavy atom. The summed E-state index contributed by atoms with van der Waals surface area (Å²) >= 11 is 0. The van der Waals surface area contributed by atoms with E-state index in [4.69, 9.17) is 5.26 Å². The Hall–Kier alpha value is -2.05. The van der Waals surface area contributed by atoms with Crippen LogP contribution in [0, 0.1) is 25.2 Å². The summed E-state index contributed by atoms with van der Waals surface area (Å²) in [5.74, 6) is 0. The molecule has 1 N–H and O–H groups in total. The van der Waals surface area contributed by atoms with E-state index in [2.05, 4.69) is 49.5 Å². The van der Waals surface area contributed by atoms with E-state index in [9.17, 15) is 0 Å². The highest BCUT2D eigenvalue weighted by molar-refractivity contribution is 5.34. The molecule has 2 aromatic rings. The quantitative estimate of drug-likeness (QED) is 0.846. The van der Waals surface area contributed by atoms with Crippen LogP contribution in [0.2, 0.25) is 0 Å². The molecule has 1 aromatic carbocycles. The van der Waals surface area contributed by atoms with Crippen molar-refractivity contribution < 1.29 is 0 Å². The average molecular weight is 267 g/mol. The lowest BCUT2D eigenvalue weighted by Crippen LogP contribution is -2.17. The summed E-state index contributed by atoms with van der Waals surface area (Å²) in [6.45, 7) is 5.96. The Balaban J connectivity index is 1.88. The van der Waals surface area contributed by atoms with Crippen LogP contribution in [0.25, 0.3) is 0 Å². The second kappa shape index (κ2) is 6.40. The molecular formula is C17H21N3. The summed E-state index contributed by atoms with van der Waals surface area (Å²) in [5, 5.41) is 12.5. The van der Waals surface area contributed by atoms with E-state index in [0.717, 1.165) is 30.9 Å². The van der Waals surface area contributed by atoms with Gasteiger partial charge < -0.3 is 9.88 Å². The van der Waals surface area contributed by atoms with Gasteiger partial charge in [-0.1, -0.05) is 24.3 Å². The minimum Gasteiger partial charge on any atom is -0.340 e. The largest absolute Gasteiger partial charge is 0.340 e. The molecule has 0 radical (unpaired) electrons. The lowest BCUT2D eigenvalue weighted by Gasteiger charge is -2.07. The van der Waals surface area contributed by atoms with Gasteiger partial charge in [0.05, 0.1) is 0 Å². The predicted octanol–water partition coefficient (Wildman–Crippen LogP) is 2.85. The van der Waals surface area contributed by atoms with Crippen molar-refractivity contribution in [2.45, 2.75) is 26.8 Å². The fraction of sp³-hybridized carbons (Fsp3) is 0.353. The zero-order valence-electron chi connectivity index (χ0n) is 12.4. The monoisotopic (exact) mass is 267 g/mol. The molecule has 0 spiro atoms. The van der Waals surface area contributed by atoms with Crippen molar-refractivity contribution >= 4 is 0 Å². The lowest BCUT2D eigenvalue weighted by molar-refractivity contribution is 0.680. The minimum absolute atomic E-state index is 0.721. The van der Waals surface area contributed by atoms with Gasteiger partial charge in [0.25, 0.3) is 0 Å². The fourth-order valence-electron chi connectivity index (χ4n) is 2.39. The molecule has 2 rings (SSSR count). The van der Waals surface area contributed by atoms with E-state index in [-0.39, 0.29) is 0 Å². The summed E-state index contributed by atoms with van der Waals surface area (Å²) in [7, 11) is 1.94. The van der Waals surface area contributed by atoms with Crippen molar-refractivity contribution in [3.63, 3.8) is 0 Å². The van der Waals surface area contributed by atoms with E-state index in [0.29, 0.717) is 0 Å². The highest BCUT2D eigenvalue weighted by atomic mass is 15.0. The Labute approximate surface area is 120 Å². The predicted molar refractivity (Wildman–Crippen MR) is 81.5 cm³/mol. The van der Waals surface area contributed by atoms with Crippen molar-refractivity contribution in [1.82, 2.24) is 9.88 Å². The van der Waals surface area contributed by atoms with Crippen molar-refractivity contribution in [2.75, 3.05) is 6.54 Å². The number of hydrogen-bond acceptors (Lipinski definition) is 2. The van der Waals surface area contributed by atoms with E-state index in [1.165, 1.54) is 16.7 Å². The van der Waals surface area contributed by atoms with Crippen molar-refractivity contribution in [3.05, 3.63) is 58.4 Å². The smallest absolute Gasteiger partial charge is 0.120 e. The van der Waals surface area contributed by atoms with Crippen LogP contribution in [0.3, 0.4) is 0 Å². The molecule has 0 bridgehead atoms. The number of nitrogens with zero attached hydrogens (tertiary/aromatic N) is 2. The molecule has 0 saturated heterocycles. The topological polar surface area (TPSA) is 40.8 Å². The number of hydrogen-bond donors (Lipinski definition) is 1. The Kier molecular flexibility index (Phi) is 4.60. The number of nitrogens with one attached hydrogen (secondary N) is 1. The molecule has 3 nitrogen and oxygen atoms in total. The first-order valence-electron chi connectivity index (χ1n) is 6.94. The first-order valence-corrected chi connectivity index (χ1v) is 6.94. The number of nitriles is 1. The summed E-state index contributed by atoms with van der Waals surface area (Å²) in [4.78, 5) is 0. The maximum atomic E-state index is 9.02. The third kappa shape index (κ3) is 3.09. The Morgan fingerprint density at radius 3 is 2.60 bits per heavy atom. The zero-order valence-corrected chi connectivity index (χ0v) is 12.4. The summed E-state index contributed by atoms with van der Waals surface area (Å²) in [6.07, 6.45) is 1.03. The molecule has 0 aliphatic carbocycles. The Bertz CT molecular complexity index is 632. The fourth-order valence-corrected chi connectivity index (χ4v) is 2.39. The van der Waals surface area contributed by atoms with Crippen molar-refractivity contribution in [2.24, 2.45) is 7.05 Å². The van der Waals surface area contributed by atoms with Gasteiger partial charge in [-0.05, 0) is 49.6 Å². The summed E-state index contributed by atoms with van der Waals surface area (Å²) in [5.41, 5.74) is 5.82. The first-order chi connectivity index (χ1) is 9.63. The lowest BCUT2D eigenvalue weighted by atomic mass is 10.1. The number of aromatic nitrogens is 1. The highest BCUT2D eigenvalue weighted by Gasteiger charge is 2.07. The maximum absolute atomic E-state index is 9.02. The third-order valence-electron chi connectivity index (χ3n) is 3.90. The number of aryl methyl sites for hydroxylation is 1. The van der Waals surface area contributed by atoms with Crippen LogP contribution in [-0.4, -0.2) is 11.1 Å². The van der Waals surface area contributed by atoms with Crippen LogP contribution in [0.15, 0.2) is 30.3 Å². The van der Waals surface area contributed by atoms with E-state index < -0.39 is 0 Å². The molecule has 0 atom stereocenters. The van der Waals surface area contributed by atoms with Gasteiger partial charge >= 0.3 is 0 Å². The molecule has 0 amide bonds. The van der Waals surface area contributed by atoms with Gasteiger partial charge in [0.1, 0.15) is 11.8 Å². The number of benzene rings is 1. The molecule has 0 unspecified atom stereocenters. The van der Waals surface area contributed by atoms with E-state index in [1.54, 1.807) is 0 Å². The van der Waals surface area contributed by atoms with Crippen LogP contribution in [0.5, 0.6) is 0 Å². The van der Waals surface area contributed by atoms with E-state index >= 15 is 0 Å². The molecule has 1 heterocycles. The van der Waals surface area contributed by atoms with Crippen LogP contribution >= 0.6 is 0 Å². The second-order valence-corrected chi connectivity index (χ2v) is 5.16. The van der Waals surface area contributed by atoms with Crippen molar-refractivity contribution in [3.8, 4) is 6.07 Å². The molecular weight excluding hydrogens is 246 g/mol. The first kappa shape index (κ1) is 14.4. The molecule has 104 valence electrons. The summed E-state index contributed by atoms with van der Waals surface area (Å²) < 4.78 is 1.94. The van der Waals surface area contributed by atoms with Gasteiger partial charge in [-0.25, -0.2) is 0 Å². The van der Waals surface area contributed by atoms with Crippen LogP contribution in [0.4, 0.5) is 0 Å². The molecule has 0 saturated carbocycles. The maximum Gasteiger partial charge on any atom is 0.120 e. The molecule has 3 heteroatoms. The highest BCUT2D eigenvalue weighted by Crippen LogP contribution is 2.13. The molecule has 0 aliphatic heterocycles. The van der Waals surface area contributed by atoms with Crippen LogP contribution in [-0.2, 0) is 20.0 Å². The van der Waals surface area contributed by atoms with E-state index in [1.807, 2.05) is 17.7 Å². The molecule has 0 aliphatic rings. The van der Waals surface area contributed by atoms with Gasteiger partial charge in [-0.3, -0.25) is 0 Å².